The molecular formula is C12H24N2OS. The van der Waals surface area contributed by atoms with Gasteiger partial charge < -0.3 is 10.6 Å². The summed E-state index contributed by atoms with van der Waals surface area (Å²) in [6, 6.07) is -0.0131. The fourth-order valence-electron chi connectivity index (χ4n) is 2.19. The minimum Gasteiger partial charge on any atom is -0.338 e. The maximum absolute atomic E-state index is 11.5. The third-order valence-corrected chi connectivity index (χ3v) is 4.72. The summed E-state index contributed by atoms with van der Waals surface area (Å²) in [5.74, 6) is 0. The summed E-state index contributed by atoms with van der Waals surface area (Å²) in [7, 11) is 0. The van der Waals surface area contributed by atoms with Gasteiger partial charge in [-0.05, 0) is 25.5 Å². The summed E-state index contributed by atoms with van der Waals surface area (Å²) in [5, 5.41) is 5.86. The van der Waals surface area contributed by atoms with Crippen LogP contribution in [-0.2, 0) is 0 Å². The number of thioether (sulfide) groups is 1. The van der Waals surface area contributed by atoms with Crippen molar-refractivity contribution >= 4 is 17.8 Å². The Labute approximate surface area is 103 Å². The molecule has 0 radical (unpaired) electrons. The van der Waals surface area contributed by atoms with Gasteiger partial charge in [0.1, 0.15) is 0 Å². The molecule has 0 aromatic heterocycles. The van der Waals surface area contributed by atoms with E-state index in [1.807, 2.05) is 11.8 Å². The number of nitrogens with one attached hydrogen (secondary N) is 2. The van der Waals surface area contributed by atoms with Gasteiger partial charge >= 0.3 is 6.03 Å². The Bertz CT molecular complexity index is 215. The number of hydrogen-bond donors (Lipinski definition) is 2. The van der Waals surface area contributed by atoms with Gasteiger partial charge in [0.25, 0.3) is 0 Å². The van der Waals surface area contributed by atoms with Crippen LogP contribution in [0.3, 0.4) is 0 Å². The van der Waals surface area contributed by atoms with Crippen LogP contribution in [0.2, 0.25) is 0 Å². The molecule has 4 heteroatoms. The zero-order valence-electron chi connectivity index (χ0n) is 10.5. The van der Waals surface area contributed by atoms with Crippen molar-refractivity contribution < 1.29 is 4.79 Å². The van der Waals surface area contributed by atoms with Gasteiger partial charge in [0.05, 0.1) is 0 Å². The van der Waals surface area contributed by atoms with E-state index >= 15 is 0 Å². The van der Waals surface area contributed by atoms with Crippen LogP contribution >= 0.6 is 11.8 Å². The van der Waals surface area contributed by atoms with E-state index in [1.54, 1.807) is 0 Å². The van der Waals surface area contributed by atoms with Crippen molar-refractivity contribution in [3.63, 3.8) is 0 Å². The maximum Gasteiger partial charge on any atom is 0.314 e. The molecule has 0 aromatic rings. The third kappa shape index (κ3) is 4.24. The van der Waals surface area contributed by atoms with Gasteiger partial charge in [-0.1, -0.05) is 26.2 Å². The number of urea groups is 1. The van der Waals surface area contributed by atoms with Gasteiger partial charge in [0.15, 0.2) is 0 Å². The zero-order valence-corrected chi connectivity index (χ0v) is 11.3. The molecule has 1 rings (SSSR count). The van der Waals surface area contributed by atoms with Gasteiger partial charge in [0, 0.05) is 17.8 Å². The lowest BCUT2D eigenvalue weighted by atomic mass is 9.88. The first-order chi connectivity index (χ1) is 7.72. The van der Waals surface area contributed by atoms with Crippen molar-refractivity contribution in [1.29, 1.82) is 0 Å². The molecule has 94 valence electrons. The molecule has 0 spiro atoms. The Balaban J connectivity index is 2.30. The van der Waals surface area contributed by atoms with Gasteiger partial charge in [-0.3, -0.25) is 0 Å². The summed E-state index contributed by atoms with van der Waals surface area (Å²) >= 11 is 1.92. The molecule has 2 amide bonds. The zero-order chi connectivity index (χ0) is 11.9. The second-order valence-electron chi connectivity index (χ2n) is 4.56. The van der Waals surface area contributed by atoms with Crippen molar-refractivity contribution in [2.75, 3.05) is 19.3 Å². The molecule has 1 aliphatic carbocycles. The average Bonchev–Trinajstić information content (AvgIpc) is 2.35. The predicted octanol–water partition coefficient (Wildman–Crippen LogP) is 2.76. The first kappa shape index (κ1) is 13.7. The highest BCUT2D eigenvalue weighted by Crippen LogP contribution is 2.37. The maximum atomic E-state index is 11.5. The summed E-state index contributed by atoms with van der Waals surface area (Å²) in [4.78, 5) is 11.5. The minimum atomic E-state index is -0.0131. The van der Waals surface area contributed by atoms with Crippen molar-refractivity contribution in [2.45, 2.75) is 50.2 Å². The molecule has 3 nitrogen and oxygen atoms in total. The van der Waals surface area contributed by atoms with Crippen molar-refractivity contribution in [3.05, 3.63) is 0 Å². The fraction of sp³-hybridized carbons (Fsp3) is 0.917. The fourth-order valence-corrected chi connectivity index (χ4v) is 3.11. The van der Waals surface area contributed by atoms with E-state index in [2.05, 4.69) is 23.8 Å². The van der Waals surface area contributed by atoms with Crippen LogP contribution in [0.25, 0.3) is 0 Å². The van der Waals surface area contributed by atoms with Crippen molar-refractivity contribution in [3.8, 4) is 0 Å². The van der Waals surface area contributed by atoms with Gasteiger partial charge in [-0.25, -0.2) is 4.79 Å². The second-order valence-corrected chi connectivity index (χ2v) is 5.83. The minimum absolute atomic E-state index is 0.0131. The Morgan fingerprint density at radius 1 is 1.25 bits per heavy atom. The van der Waals surface area contributed by atoms with E-state index in [0.717, 1.165) is 19.5 Å². The number of hydrogen-bond acceptors (Lipinski definition) is 2. The topological polar surface area (TPSA) is 41.1 Å². The normalized spacial score (nSPS) is 19.1. The van der Waals surface area contributed by atoms with E-state index in [9.17, 15) is 4.79 Å². The van der Waals surface area contributed by atoms with Crippen LogP contribution in [0.1, 0.15) is 45.4 Å². The van der Waals surface area contributed by atoms with Crippen LogP contribution < -0.4 is 10.6 Å². The van der Waals surface area contributed by atoms with E-state index in [1.165, 1.54) is 32.1 Å². The van der Waals surface area contributed by atoms with E-state index in [-0.39, 0.29) is 6.03 Å². The third-order valence-electron chi connectivity index (χ3n) is 3.30. The molecule has 0 aromatic carbocycles. The highest BCUT2D eigenvalue weighted by Gasteiger charge is 2.31. The Kier molecular flexibility index (Phi) is 6.03. The summed E-state index contributed by atoms with van der Waals surface area (Å²) < 4.78 is 0.293. The number of carbonyl (C=O) groups is 1. The largest absolute Gasteiger partial charge is 0.338 e. The van der Waals surface area contributed by atoms with Gasteiger partial charge in [-0.15, -0.1) is 0 Å². The number of rotatable bonds is 5. The number of carbonyl (C=O) groups excluding carboxylic acids is 1. The van der Waals surface area contributed by atoms with Crippen LogP contribution in [0.15, 0.2) is 0 Å². The molecule has 1 saturated carbocycles. The molecule has 0 saturated heterocycles. The molecule has 16 heavy (non-hydrogen) atoms. The van der Waals surface area contributed by atoms with E-state index in [4.69, 9.17) is 0 Å². The Morgan fingerprint density at radius 3 is 2.50 bits per heavy atom. The monoisotopic (exact) mass is 244 g/mol. The molecule has 0 aliphatic heterocycles. The molecule has 1 fully saturated rings. The summed E-state index contributed by atoms with van der Waals surface area (Å²) in [6.07, 6.45) is 9.59. The molecule has 1 aliphatic rings. The summed E-state index contributed by atoms with van der Waals surface area (Å²) in [6.45, 7) is 3.63. The molecule has 0 bridgehead atoms. The van der Waals surface area contributed by atoms with Crippen LogP contribution in [0.5, 0.6) is 0 Å². The van der Waals surface area contributed by atoms with Crippen LogP contribution in [-0.4, -0.2) is 30.1 Å². The average molecular weight is 244 g/mol. The lowest BCUT2D eigenvalue weighted by molar-refractivity contribution is 0.238. The molecule has 2 N–H and O–H groups in total. The lowest BCUT2D eigenvalue weighted by Crippen LogP contribution is -2.45. The highest BCUT2D eigenvalue weighted by atomic mass is 32.2. The van der Waals surface area contributed by atoms with Gasteiger partial charge in [-0.2, -0.15) is 11.8 Å². The molecule has 0 unspecified atom stereocenters. The highest BCUT2D eigenvalue weighted by molar-refractivity contribution is 8.00. The lowest BCUT2D eigenvalue weighted by Gasteiger charge is -2.35. The van der Waals surface area contributed by atoms with Crippen LogP contribution in [0, 0.1) is 0 Å². The smallest absolute Gasteiger partial charge is 0.314 e. The second kappa shape index (κ2) is 7.05. The Hall–Kier alpha value is -0.380. The van der Waals surface area contributed by atoms with Gasteiger partial charge in [0.2, 0.25) is 0 Å². The molecule has 0 heterocycles. The molecular weight excluding hydrogens is 220 g/mol. The summed E-state index contributed by atoms with van der Waals surface area (Å²) in [5.41, 5.74) is 0. The van der Waals surface area contributed by atoms with Crippen LogP contribution in [0.4, 0.5) is 4.79 Å². The first-order valence-electron chi connectivity index (χ1n) is 6.29. The van der Waals surface area contributed by atoms with Crippen molar-refractivity contribution in [1.82, 2.24) is 10.6 Å². The van der Waals surface area contributed by atoms with Crippen molar-refractivity contribution in [2.24, 2.45) is 0 Å². The first-order valence-corrected chi connectivity index (χ1v) is 7.52. The van der Waals surface area contributed by atoms with E-state index < -0.39 is 0 Å². The number of amides is 2. The predicted molar refractivity (Wildman–Crippen MR) is 71.0 cm³/mol. The SMILES string of the molecule is CCCNC(=O)NCC1(SC)CCCCC1. The standard InChI is InChI=1S/C12H24N2OS/c1-3-9-13-11(15)14-10-12(16-2)7-5-4-6-8-12/h3-10H2,1-2H3,(H2,13,14,15). The quantitative estimate of drug-likeness (QED) is 0.781. The Morgan fingerprint density at radius 2 is 1.94 bits per heavy atom. The van der Waals surface area contributed by atoms with E-state index in [0.29, 0.717) is 4.75 Å². The molecule has 0 atom stereocenters.